The number of halogens is 1. The molecule has 2 atom stereocenters. The largest absolute Gasteiger partial charge is 0.489 e. The Kier molecular flexibility index (Phi) is 4.69. The highest BCUT2D eigenvalue weighted by Crippen LogP contribution is 2.42. The molecule has 0 fully saturated rings. The molecule has 2 aliphatic rings. The third kappa shape index (κ3) is 3.34. The van der Waals surface area contributed by atoms with Crippen molar-refractivity contribution in [3.63, 3.8) is 0 Å². The van der Waals surface area contributed by atoms with Gasteiger partial charge in [0.2, 0.25) is 0 Å². The fourth-order valence-electron chi connectivity index (χ4n) is 4.77. The van der Waals surface area contributed by atoms with Crippen LogP contribution in [0.5, 0.6) is 11.5 Å². The predicted molar refractivity (Wildman–Crippen MR) is 124 cm³/mol. The molecule has 8 heteroatoms. The lowest BCUT2D eigenvalue weighted by Crippen LogP contribution is -2.12. The number of benzene rings is 3. The second-order valence-corrected chi connectivity index (χ2v) is 8.49. The molecule has 172 valence electrons. The number of carbonyl (C=O) groups is 1. The summed E-state index contributed by atoms with van der Waals surface area (Å²) in [5.74, 6) is 1.57. The Hall–Kier alpha value is -4.07. The Morgan fingerprint density at radius 1 is 1.12 bits per heavy atom. The van der Waals surface area contributed by atoms with Crippen LogP contribution in [-0.4, -0.2) is 28.7 Å². The molecule has 6 rings (SSSR count). The van der Waals surface area contributed by atoms with E-state index in [1.807, 2.05) is 47.9 Å². The number of anilines is 1. The van der Waals surface area contributed by atoms with E-state index in [-0.39, 0.29) is 23.9 Å². The van der Waals surface area contributed by atoms with E-state index < -0.39 is 0 Å². The van der Waals surface area contributed by atoms with Gasteiger partial charge < -0.3 is 19.5 Å². The van der Waals surface area contributed by atoms with E-state index in [2.05, 4.69) is 10.3 Å². The van der Waals surface area contributed by atoms with Crippen LogP contribution >= 0.6 is 0 Å². The van der Waals surface area contributed by atoms with Gasteiger partial charge in [-0.05, 0) is 37.3 Å². The zero-order valence-electron chi connectivity index (χ0n) is 18.7. The number of hydrogen-bond donors (Lipinski definition) is 1. The molecule has 0 amide bonds. The number of hydrogen-bond acceptors (Lipinski definition) is 6. The average molecular weight is 459 g/mol. The topological polar surface area (TPSA) is 74.6 Å². The third-order valence-corrected chi connectivity index (χ3v) is 6.22. The number of imidazole rings is 1. The van der Waals surface area contributed by atoms with Crippen LogP contribution in [0.25, 0.3) is 16.7 Å². The lowest BCUT2D eigenvalue weighted by molar-refractivity contribution is -0.147. The molecular formula is C26H22FN3O4. The minimum absolute atomic E-state index is 0.0782. The van der Waals surface area contributed by atoms with Crippen molar-refractivity contribution in [3.05, 3.63) is 77.4 Å². The van der Waals surface area contributed by atoms with Crippen LogP contribution in [0.3, 0.4) is 0 Å². The molecule has 3 aromatic carbocycles. The molecule has 0 unspecified atom stereocenters. The highest BCUT2D eigenvalue weighted by Gasteiger charge is 2.30. The van der Waals surface area contributed by atoms with Crippen LogP contribution in [0.1, 0.15) is 36.0 Å². The van der Waals surface area contributed by atoms with Crippen molar-refractivity contribution in [1.82, 2.24) is 9.55 Å². The van der Waals surface area contributed by atoms with Crippen molar-refractivity contribution >= 4 is 22.7 Å². The number of carbonyl (C=O) groups excluding carboxylic acids is 1. The molecule has 0 bridgehead atoms. The number of aromatic nitrogens is 2. The molecule has 3 heterocycles. The minimum atomic E-state index is -0.377. The summed E-state index contributed by atoms with van der Waals surface area (Å²) in [5.41, 5.74) is 5.00. The molecule has 1 N–H and O–H groups in total. The van der Waals surface area contributed by atoms with Gasteiger partial charge >= 0.3 is 5.97 Å². The zero-order chi connectivity index (χ0) is 23.4. The van der Waals surface area contributed by atoms with Gasteiger partial charge in [-0.1, -0.05) is 12.1 Å². The zero-order valence-corrected chi connectivity index (χ0v) is 18.7. The quantitative estimate of drug-likeness (QED) is 0.432. The second-order valence-electron chi connectivity index (χ2n) is 8.49. The predicted octanol–water partition coefficient (Wildman–Crippen LogP) is 5.02. The Bertz CT molecular complexity index is 1450. The summed E-state index contributed by atoms with van der Waals surface area (Å²) in [6.07, 6.45) is -0.377. The fraction of sp³-hybridized carbons (Fsp3) is 0.231. The van der Waals surface area contributed by atoms with Gasteiger partial charge in [-0.25, -0.2) is 9.37 Å². The van der Waals surface area contributed by atoms with Crippen LogP contribution in [0, 0.1) is 12.7 Å². The highest BCUT2D eigenvalue weighted by molar-refractivity contribution is 5.79. The normalized spacial score (nSPS) is 18.2. The van der Waals surface area contributed by atoms with Gasteiger partial charge in [0, 0.05) is 35.9 Å². The monoisotopic (exact) mass is 459 g/mol. The van der Waals surface area contributed by atoms with Crippen LogP contribution in [0.4, 0.5) is 10.1 Å². The molecule has 0 saturated heterocycles. The maximum atomic E-state index is 14.0. The minimum Gasteiger partial charge on any atom is -0.489 e. The molecule has 0 radical (unpaired) electrons. The maximum absolute atomic E-state index is 14.0. The Balaban J connectivity index is 1.31. The van der Waals surface area contributed by atoms with Crippen LogP contribution in [-0.2, 0) is 9.53 Å². The first kappa shape index (κ1) is 20.5. The second kappa shape index (κ2) is 7.76. The summed E-state index contributed by atoms with van der Waals surface area (Å²) in [5, 5.41) is 3.52. The van der Waals surface area contributed by atoms with Crippen molar-refractivity contribution in [2.24, 2.45) is 0 Å². The number of fused-ring (bicyclic) bond motifs is 3. The van der Waals surface area contributed by atoms with Gasteiger partial charge in [0.05, 0.1) is 22.8 Å². The summed E-state index contributed by atoms with van der Waals surface area (Å²) in [6.45, 7) is 4.05. The standard InChI is InChI=1S/C26H22FN3O4/c1-14-28-20-9-6-16(27)10-23(20)30(14)22-5-3-4-18-21(12-33-26(18)22)29-17-7-8-19-24(11-17)32-13-25(19)34-15(2)31/h3-11,21,25,29H,12-13H2,1-2H3/t21-,25-/m1/s1. The maximum Gasteiger partial charge on any atom is 0.303 e. The van der Waals surface area contributed by atoms with E-state index >= 15 is 0 Å². The molecule has 4 aromatic rings. The van der Waals surface area contributed by atoms with Crippen LogP contribution < -0.4 is 14.8 Å². The van der Waals surface area contributed by atoms with Gasteiger partial charge in [0.25, 0.3) is 0 Å². The number of nitrogens with one attached hydrogen (secondary N) is 1. The first-order chi connectivity index (χ1) is 16.5. The summed E-state index contributed by atoms with van der Waals surface area (Å²) in [7, 11) is 0. The SMILES string of the molecule is CC(=O)O[C@@H]1COc2cc(N[C@@H]3COc4c3cccc4-n3c(C)nc4ccc(F)cc43)ccc21. The van der Waals surface area contributed by atoms with E-state index in [0.29, 0.717) is 24.5 Å². The number of nitrogens with zero attached hydrogens (tertiary/aromatic N) is 2. The molecular weight excluding hydrogens is 437 g/mol. The van der Waals surface area contributed by atoms with Gasteiger partial charge in [-0.15, -0.1) is 0 Å². The van der Waals surface area contributed by atoms with Gasteiger partial charge in [-0.2, -0.15) is 0 Å². The summed E-state index contributed by atoms with van der Waals surface area (Å²) >= 11 is 0. The molecule has 0 spiro atoms. The molecule has 7 nitrogen and oxygen atoms in total. The van der Waals surface area contributed by atoms with Gasteiger partial charge in [-0.3, -0.25) is 9.36 Å². The van der Waals surface area contributed by atoms with Crippen molar-refractivity contribution < 1.29 is 23.4 Å². The first-order valence-electron chi connectivity index (χ1n) is 11.1. The van der Waals surface area contributed by atoms with Crippen molar-refractivity contribution in [2.75, 3.05) is 18.5 Å². The Labute approximate surface area is 195 Å². The molecule has 34 heavy (non-hydrogen) atoms. The number of aryl methyl sites for hydroxylation is 1. The summed E-state index contributed by atoms with van der Waals surface area (Å²) in [4.78, 5) is 15.9. The molecule has 0 aliphatic carbocycles. The van der Waals surface area contributed by atoms with Crippen molar-refractivity contribution in [2.45, 2.75) is 26.0 Å². The molecule has 0 saturated carbocycles. The van der Waals surface area contributed by atoms with E-state index in [9.17, 15) is 9.18 Å². The molecule has 1 aromatic heterocycles. The van der Waals surface area contributed by atoms with E-state index in [1.165, 1.54) is 19.1 Å². The third-order valence-electron chi connectivity index (χ3n) is 6.22. The summed E-state index contributed by atoms with van der Waals surface area (Å²) in [6, 6.07) is 16.2. The number of esters is 1. The fourth-order valence-corrected chi connectivity index (χ4v) is 4.77. The smallest absolute Gasteiger partial charge is 0.303 e. The van der Waals surface area contributed by atoms with Crippen LogP contribution in [0.2, 0.25) is 0 Å². The van der Waals surface area contributed by atoms with E-state index in [0.717, 1.165) is 39.6 Å². The number of rotatable bonds is 4. The van der Waals surface area contributed by atoms with Crippen LogP contribution in [0.15, 0.2) is 54.6 Å². The van der Waals surface area contributed by atoms with Gasteiger partial charge in [0.15, 0.2) is 6.10 Å². The molecule has 2 aliphatic heterocycles. The summed E-state index contributed by atoms with van der Waals surface area (Å²) < 4.78 is 33.1. The van der Waals surface area contributed by atoms with E-state index in [4.69, 9.17) is 14.2 Å². The van der Waals surface area contributed by atoms with Crippen molar-refractivity contribution in [1.29, 1.82) is 0 Å². The van der Waals surface area contributed by atoms with Crippen molar-refractivity contribution in [3.8, 4) is 17.2 Å². The average Bonchev–Trinajstić information content (AvgIpc) is 3.48. The number of ether oxygens (including phenoxy) is 3. The Morgan fingerprint density at radius 2 is 2.00 bits per heavy atom. The Morgan fingerprint density at radius 3 is 2.85 bits per heavy atom. The first-order valence-corrected chi connectivity index (χ1v) is 11.1. The van der Waals surface area contributed by atoms with E-state index in [1.54, 1.807) is 6.07 Å². The highest BCUT2D eigenvalue weighted by atomic mass is 19.1. The van der Waals surface area contributed by atoms with Gasteiger partial charge in [0.1, 0.15) is 36.4 Å². The lowest BCUT2D eigenvalue weighted by Gasteiger charge is -2.15. The number of para-hydroxylation sites is 1. The lowest BCUT2D eigenvalue weighted by atomic mass is 10.1.